The molecule has 0 bridgehead atoms. The van der Waals surface area contributed by atoms with Gasteiger partial charge in [-0.2, -0.15) is 4.37 Å². The molecule has 4 nitrogen and oxygen atoms in total. The van der Waals surface area contributed by atoms with Crippen LogP contribution in [0.15, 0.2) is 18.2 Å². The van der Waals surface area contributed by atoms with Crippen LogP contribution in [0.25, 0.3) is 10.1 Å². The summed E-state index contributed by atoms with van der Waals surface area (Å²) in [6.07, 6.45) is 2.60. The first-order chi connectivity index (χ1) is 5.79. The van der Waals surface area contributed by atoms with E-state index in [0.29, 0.717) is 5.39 Å². The highest BCUT2D eigenvalue weighted by Gasteiger charge is 2.11. The van der Waals surface area contributed by atoms with Crippen LogP contribution in [0, 0.1) is 16.3 Å². The minimum atomic E-state index is -0.423. The van der Waals surface area contributed by atoms with Crippen LogP contribution in [-0.2, 0) is 0 Å². The molecule has 2 rings (SSSR count). The molecule has 0 spiro atoms. The quantitative estimate of drug-likeness (QED) is 0.497. The zero-order valence-electron chi connectivity index (χ0n) is 5.85. The first-order valence-electron chi connectivity index (χ1n) is 3.19. The number of non-ortho nitro benzene ring substituents is 1. The molecule has 1 radical (unpaired) electrons. The average Bonchev–Trinajstić information content (AvgIpc) is 2.49. The number of rotatable bonds is 1. The molecule has 0 aliphatic carbocycles. The van der Waals surface area contributed by atoms with Crippen LogP contribution >= 0.6 is 11.5 Å². The van der Waals surface area contributed by atoms with E-state index in [1.807, 2.05) is 0 Å². The molecule has 0 unspecified atom stereocenters. The maximum Gasteiger partial charge on any atom is 0.280 e. The first-order valence-corrected chi connectivity index (χ1v) is 3.97. The molecular formula is C7H3N2O2S. The lowest BCUT2D eigenvalue weighted by Gasteiger charge is -1.89. The average molecular weight is 179 g/mol. The van der Waals surface area contributed by atoms with E-state index in [4.69, 9.17) is 0 Å². The van der Waals surface area contributed by atoms with E-state index in [1.54, 1.807) is 12.1 Å². The van der Waals surface area contributed by atoms with Gasteiger partial charge in [-0.1, -0.05) is 6.07 Å². The Bertz CT molecular complexity index is 438. The fourth-order valence-corrected chi connectivity index (χ4v) is 1.59. The molecule has 0 saturated carbocycles. The van der Waals surface area contributed by atoms with Crippen molar-refractivity contribution in [2.45, 2.75) is 0 Å². The molecule has 1 aromatic carbocycles. The van der Waals surface area contributed by atoms with E-state index in [0.717, 1.165) is 4.70 Å². The van der Waals surface area contributed by atoms with E-state index < -0.39 is 4.92 Å². The van der Waals surface area contributed by atoms with E-state index in [1.165, 1.54) is 17.6 Å². The molecule has 5 heteroatoms. The number of hydrogen-bond acceptors (Lipinski definition) is 4. The molecular weight excluding hydrogens is 176 g/mol. The SMILES string of the molecule is O=[N+]([O-])c1cccc2sn[c]c12. The topological polar surface area (TPSA) is 56.0 Å². The molecule has 0 atom stereocenters. The van der Waals surface area contributed by atoms with Crippen LogP contribution in [0.1, 0.15) is 0 Å². The molecule has 1 heterocycles. The number of aromatic nitrogens is 1. The zero-order chi connectivity index (χ0) is 8.55. The summed E-state index contributed by atoms with van der Waals surface area (Å²) in [4.78, 5) is 10.1. The molecule has 0 saturated heterocycles. The molecule has 1 aromatic heterocycles. The summed E-state index contributed by atoms with van der Waals surface area (Å²) < 4.78 is 4.55. The lowest BCUT2D eigenvalue weighted by atomic mass is 10.2. The number of hydrogen-bond donors (Lipinski definition) is 0. The van der Waals surface area contributed by atoms with Crippen molar-refractivity contribution in [3.05, 3.63) is 34.5 Å². The highest BCUT2D eigenvalue weighted by Crippen LogP contribution is 2.26. The predicted molar refractivity (Wildman–Crippen MR) is 45.1 cm³/mol. The third-order valence-electron chi connectivity index (χ3n) is 1.50. The molecule has 0 aliphatic heterocycles. The second kappa shape index (κ2) is 2.53. The third-order valence-corrected chi connectivity index (χ3v) is 2.22. The summed E-state index contributed by atoms with van der Waals surface area (Å²) >= 11 is 1.21. The Kier molecular flexibility index (Phi) is 1.51. The molecule has 0 fully saturated rings. The Morgan fingerprint density at radius 2 is 2.42 bits per heavy atom. The summed E-state index contributed by atoms with van der Waals surface area (Å²) in [5, 5.41) is 11.0. The Labute approximate surface area is 71.8 Å². The van der Waals surface area contributed by atoms with Crippen LogP contribution in [0.5, 0.6) is 0 Å². The van der Waals surface area contributed by atoms with Gasteiger partial charge in [0.05, 0.1) is 15.0 Å². The fourth-order valence-electron chi connectivity index (χ4n) is 0.978. The second-order valence-corrected chi connectivity index (χ2v) is 3.01. The Hall–Kier alpha value is -1.49. The van der Waals surface area contributed by atoms with E-state index in [9.17, 15) is 10.1 Å². The molecule has 0 N–H and O–H groups in total. The maximum absolute atomic E-state index is 10.5. The number of benzene rings is 1. The highest BCUT2D eigenvalue weighted by atomic mass is 32.1. The zero-order valence-corrected chi connectivity index (χ0v) is 6.67. The molecule has 0 amide bonds. The summed E-state index contributed by atoms with van der Waals surface area (Å²) in [6, 6.07) is 4.89. The summed E-state index contributed by atoms with van der Waals surface area (Å²) in [5.41, 5.74) is 0.0706. The normalized spacial score (nSPS) is 10.3. The third kappa shape index (κ3) is 0.947. The second-order valence-electron chi connectivity index (χ2n) is 2.20. The van der Waals surface area contributed by atoms with Gasteiger partial charge in [0.2, 0.25) is 0 Å². The Morgan fingerprint density at radius 1 is 1.58 bits per heavy atom. The lowest BCUT2D eigenvalue weighted by Crippen LogP contribution is -1.86. The van der Waals surface area contributed by atoms with Gasteiger partial charge in [0.15, 0.2) is 0 Å². The summed E-state index contributed by atoms with van der Waals surface area (Å²) in [5.74, 6) is 0. The van der Waals surface area contributed by atoms with Gasteiger partial charge in [0.25, 0.3) is 5.69 Å². The van der Waals surface area contributed by atoms with Crippen molar-refractivity contribution in [1.82, 2.24) is 4.37 Å². The van der Waals surface area contributed by atoms with Gasteiger partial charge in [0, 0.05) is 6.07 Å². The first kappa shape index (κ1) is 7.17. The smallest absolute Gasteiger partial charge is 0.258 e. The van der Waals surface area contributed by atoms with Crippen LogP contribution < -0.4 is 0 Å². The molecule has 59 valence electrons. The number of nitrogens with zero attached hydrogens (tertiary/aromatic N) is 2. The minimum Gasteiger partial charge on any atom is -0.258 e. The van der Waals surface area contributed by atoms with E-state index >= 15 is 0 Å². The van der Waals surface area contributed by atoms with Crippen molar-refractivity contribution in [2.75, 3.05) is 0 Å². The fraction of sp³-hybridized carbons (Fsp3) is 0. The van der Waals surface area contributed by atoms with Crippen molar-refractivity contribution >= 4 is 27.3 Å². The van der Waals surface area contributed by atoms with Crippen LogP contribution in [0.4, 0.5) is 5.69 Å². The van der Waals surface area contributed by atoms with Crippen LogP contribution in [0.2, 0.25) is 0 Å². The monoisotopic (exact) mass is 179 g/mol. The summed E-state index contributed by atoms with van der Waals surface area (Å²) in [7, 11) is 0. The summed E-state index contributed by atoms with van der Waals surface area (Å²) in [6.45, 7) is 0. The Balaban J connectivity index is 2.82. The predicted octanol–water partition coefficient (Wildman–Crippen LogP) is 2.00. The van der Waals surface area contributed by atoms with Crippen molar-refractivity contribution in [1.29, 1.82) is 0 Å². The number of nitro benzene ring substituents is 1. The van der Waals surface area contributed by atoms with Gasteiger partial charge in [-0.05, 0) is 17.6 Å². The maximum atomic E-state index is 10.5. The van der Waals surface area contributed by atoms with Crippen molar-refractivity contribution in [2.24, 2.45) is 0 Å². The van der Waals surface area contributed by atoms with E-state index in [2.05, 4.69) is 10.6 Å². The highest BCUT2D eigenvalue weighted by molar-refractivity contribution is 7.13. The molecule has 2 aromatic rings. The standard InChI is InChI=1S/C7H3N2O2S/c10-9(11)6-2-1-3-7-5(6)4-8-12-7/h1-3H. The minimum absolute atomic E-state index is 0.0706. The van der Waals surface area contributed by atoms with Gasteiger partial charge < -0.3 is 0 Å². The van der Waals surface area contributed by atoms with Gasteiger partial charge >= 0.3 is 0 Å². The Morgan fingerprint density at radius 3 is 3.17 bits per heavy atom. The van der Waals surface area contributed by atoms with Gasteiger partial charge in [-0.3, -0.25) is 10.1 Å². The molecule has 12 heavy (non-hydrogen) atoms. The number of fused-ring (bicyclic) bond motifs is 1. The van der Waals surface area contributed by atoms with E-state index in [-0.39, 0.29) is 5.69 Å². The lowest BCUT2D eigenvalue weighted by molar-refractivity contribution is -0.383. The number of nitro groups is 1. The van der Waals surface area contributed by atoms with Gasteiger partial charge in [0.1, 0.15) is 6.20 Å². The van der Waals surface area contributed by atoms with Crippen molar-refractivity contribution in [3.63, 3.8) is 0 Å². The molecule has 0 aliphatic rings. The largest absolute Gasteiger partial charge is 0.280 e. The van der Waals surface area contributed by atoms with Crippen molar-refractivity contribution in [3.8, 4) is 0 Å². The van der Waals surface area contributed by atoms with Gasteiger partial charge in [-0.25, -0.2) is 0 Å². The van der Waals surface area contributed by atoms with Gasteiger partial charge in [-0.15, -0.1) is 0 Å². The van der Waals surface area contributed by atoms with Crippen LogP contribution in [-0.4, -0.2) is 9.30 Å². The van der Waals surface area contributed by atoms with Crippen molar-refractivity contribution < 1.29 is 4.92 Å². The van der Waals surface area contributed by atoms with Crippen LogP contribution in [0.3, 0.4) is 0 Å².